The third-order valence-corrected chi connectivity index (χ3v) is 11.1. The van der Waals surface area contributed by atoms with E-state index in [-0.39, 0.29) is 5.41 Å². The van der Waals surface area contributed by atoms with Gasteiger partial charge in [0.05, 0.1) is 11.2 Å². The Morgan fingerprint density at radius 2 is 1.02 bits per heavy atom. The van der Waals surface area contributed by atoms with E-state index in [2.05, 4.69) is 123 Å². The standard InChI is InChI=1S/C49H32N4O/c1-49(2)38-19-11-9-17-33(38)37-27-31(22-25-39(37)49)47-51-46(30-15-7-4-8-16-30)52-48(53-47)32-21-23-34-40(28-32)50-45(29-13-5-3-6-14-29)36-24-26-42-44(43(34)36)35-18-10-12-20-41(35)54-42/h3-28H,1-2H3. The van der Waals surface area contributed by atoms with Crippen molar-refractivity contribution in [3.05, 3.63) is 169 Å². The molecule has 3 heterocycles. The number of furan rings is 1. The summed E-state index contributed by atoms with van der Waals surface area (Å²) in [5.74, 6) is 1.85. The molecule has 0 spiro atoms. The minimum Gasteiger partial charge on any atom is -0.456 e. The van der Waals surface area contributed by atoms with Gasteiger partial charge in [-0.2, -0.15) is 0 Å². The molecule has 11 rings (SSSR count). The van der Waals surface area contributed by atoms with Crippen molar-refractivity contribution in [2.24, 2.45) is 0 Å². The Labute approximate surface area is 311 Å². The molecule has 1 aliphatic carbocycles. The zero-order valence-corrected chi connectivity index (χ0v) is 29.7. The molecule has 0 amide bonds. The van der Waals surface area contributed by atoms with Crippen molar-refractivity contribution in [3.8, 4) is 56.5 Å². The molecule has 54 heavy (non-hydrogen) atoms. The summed E-state index contributed by atoms with van der Waals surface area (Å²) in [7, 11) is 0. The van der Waals surface area contributed by atoms with Crippen LogP contribution in [0.3, 0.4) is 0 Å². The minimum absolute atomic E-state index is 0.0842. The van der Waals surface area contributed by atoms with Crippen LogP contribution in [0, 0.1) is 0 Å². The maximum atomic E-state index is 6.37. The number of fused-ring (bicyclic) bond motifs is 10. The van der Waals surface area contributed by atoms with Gasteiger partial charge in [0.15, 0.2) is 17.5 Å². The van der Waals surface area contributed by atoms with Crippen molar-refractivity contribution < 1.29 is 4.42 Å². The predicted octanol–water partition coefficient (Wildman–Crippen LogP) is 12.4. The molecule has 5 heteroatoms. The molecule has 7 aromatic carbocycles. The highest BCUT2D eigenvalue weighted by Crippen LogP contribution is 2.49. The number of aromatic nitrogens is 4. The number of hydrogen-bond donors (Lipinski definition) is 0. The average Bonchev–Trinajstić information content (AvgIpc) is 3.72. The molecule has 0 N–H and O–H groups in total. The number of para-hydroxylation sites is 1. The Morgan fingerprint density at radius 3 is 1.81 bits per heavy atom. The van der Waals surface area contributed by atoms with Crippen LogP contribution in [0.25, 0.3) is 100 Å². The Bertz CT molecular complexity index is 3130. The molecule has 0 fully saturated rings. The molecule has 0 saturated carbocycles. The van der Waals surface area contributed by atoms with Crippen LogP contribution < -0.4 is 0 Å². The van der Waals surface area contributed by atoms with Gasteiger partial charge in [-0.25, -0.2) is 19.9 Å². The highest BCUT2D eigenvalue weighted by Gasteiger charge is 2.35. The van der Waals surface area contributed by atoms with Gasteiger partial charge in [0.1, 0.15) is 11.2 Å². The van der Waals surface area contributed by atoms with Gasteiger partial charge in [-0.3, -0.25) is 0 Å². The average molecular weight is 693 g/mol. The van der Waals surface area contributed by atoms with E-state index in [9.17, 15) is 0 Å². The molecule has 1 aliphatic rings. The van der Waals surface area contributed by atoms with Gasteiger partial charge in [-0.1, -0.05) is 141 Å². The quantitative estimate of drug-likeness (QED) is 0.172. The van der Waals surface area contributed by atoms with Gasteiger partial charge in [-0.05, 0) is 52.6 Å². The molecular formula is C49H32N4O. The summed E-state index contributed by atoms with van der Waals surface area (Å²) in [6.07, 6.45) is 0. The van der Waals surface area contributed by atoms with Crippen LogP contribution >= 0.6 is 0 Å². The molecule has 0 unspecified atom stereocenters. The van der Waals surface area contributed by atoms with Gasteiger partial charge in [0.2, 0.25) is 0 Å². The fourth-order valence-corrected chi connectivity index (χ4v) is 8.47. The first-order valence-electron chi connectivity index (χ1n) is 18.3. The van der Waals surface area contributed by atoms with E-state index < -0.39 is 0 Å². The zero-order valence-electron chi connectivity index (χ0n) is 29.7. The van der Waals surface area contributed by atoms with Gasteiger partial charge in [0, 0.05) is 54.6 Å². The van der Waals surface area contributed by atoms with E-state index in [1.165, 1.54) is 22.3 Å². The fraction of sp³-hybridized carbons (Fsp3) is 0.0612. The SMILES string of the molecule is CC1(C)c2ccccc2-c2cc(-c3nc(-c4ccccc4)nc(-c4ccc5c(c4)nc(-c4ccccc4)c4ccc6oc7ccccc7c6c45)n3)ccc21. The summed E-state index contributed by atoms with van der Waals surface area (Å²) in [5, 5.41) is 5.42. The molecular weight excluding hydrogens is 661 g/mol. The summed E-state index contributed by atoms with van der Waals surface area (Å²) in [6.45, 7) is 4.60. The van der Waals surface area contributed by atoms with Crippen molar-refractivity contribution in [2.75, 3.05) is 0 Å². The van der Waals surface area contributed by atoms with Crippen molar-refractivity contribution in [2.45, 2.75) is 19.3 Å². The lowest BCUT2D eigenvalue weighted by molar-refractivity contribution is 0.660. The number of nitrogens with zero attached hydrogens (tertiary/aromatic N) is 4. The van der Waals surface area contributed by atoms with Crippen LogP contribution in [0.1, 0.15) is 25.0 Å². The Hall–Kier alpha value is -6.98. The highest BCUT2D eigenvalue weighted by molar-refractivity contribution is 6.28. The van der Waals surface area contributed by atoms with Gasteiger partial charge < -0.3 is 4.42 Å². The van der Waals surface area contributed by atoms with Gasteiger partial charge in [0.25, 0.3) is 0 Å². The van der Waals surface area contributed by atoms with Crippen molar-refractivity contribution >= 4 is 43.6 Å². The summed E-state index contributed by atoms with van der Waals surface area (Å²) in [6, 6.07) is 54.8. The Balaban J connectivity index is 1.15. The zero-order chi connectivity index (χ0) is 36.0. The molecule has 0 aliphatic heterocycles. The van der Waals surface area contributed by atoms with E-state index in [1.807, 2.05) is 48.5 Å². The van der Waals surface area contributed by atoms with Gasteiger partial charge >= 0.3 is 0 Å². The maximum Gasteiger partial charge on any atom is 0.164 e. The molecule has 254 valence electrons. The van der Waals surface area contributed by atoms with Crippen molar-refractivity contribution in [1.82, 2.24) is 19.9 Å². The fourth-order valence-electron chi connectivity index (χ4n) is 8.47. The lowest BCUT2D eigenvalue weighted by atomic mass is 9.82. The second-order valence-electron chi connectivity index (χ2n) is 14.6. The monoisotopic (exact) mass is 692 g/mol. The van der Waals surface area contributed by atoms with E-state index in [0.717, 1.165) is 71.6 Å². The highest BCUT2D eigenvalue weighted by atomic mass is 16.3. The van der Waals surface area contributed by atoms with Crippen molar-refractivity contribution in [1.29, 1.82) is 0 Å². The summed E-state index contributed by atoms with van der Waals surface area (Å²) < 4.78 is 6.37. The smallest absolute Gasteiger partial charge is 0.164 e. The second-order valence-corrected chi connectivity index (χ2v) is 14.6. The first-order valence-corrected chi connectivity index (χ1v) is 18.3. The molecule has 0 saturated heterocycles. The molecule has 0 radical (unpaired) electrons. The lowest BCUT2D eigenvalue weighted by Crippen LogP contribution is -2.14. The topological polar surface area (TPSA) is 64.7 Å². The van der Waals surface area contributed by atoms with Crippen LogP contribution in [-0.4, -0.2) is 19.9 Å². The normalized spacial score (nSPS) is 13.1. The molecule has 10 aromatic rings. The second kappa shape index (κ2) is 11.5. The number of pyridine rings is 1. The maximum absolute atomic E-state index is 6.37. The lowest BCUT2D eigenvalue weighted by Gasteiger charge is -2.21. The largest absolute Gasteiger partial charge is 0.456 e. The molecule has 3 aromatic heterocycles. The molecule has 0 atom stereocenters. The van der Waals surface area contributed by atoms with Crippen LogP contribution in [0.5, 0.6) is 0 Å². The van der Waals surface area contributed by atoms with Crippen LogP contribution in [0.15, 0.2) is 162 Å². The third-order valence-electron chi connectivity index (χ3n) is 11.1. The van der Waals surface area contributed by atoms with Gasteiger partial charge in [-0.15, -0.1) is 0 Å². The van der Waals surface area contributed by atoms with Crippen LogP contribution in [0.4, 0.5) is 0 Å². The van der Waals surface area contributed by atoms with E-state index >= 15 is 0 Å². The Morgan fingerprint density at radius 1 is 0.407 bits per heavy atom. The van der Waals surface area contributed by atoms with E-state index in [1.54, 1.807) is 0 Å². The minimum atomic E-state index is -0.0842. The third kappa shape index (κ3) is 4.58. The molecule has 5 nitrogen and oxygen atoms in total. The number of hydrogen-bond acceptors (Lipinski definition) is 5. The predicted molar refractivity (Wildman–Crippen MR) is 219 cm³/mol. The van der Waals surface area contributed by atoms with Crippen molar-refractivity contribution in [3.63, 3.8) is 0 Å². The number of rotatable bonds is 4. The van der Waals surface area contributed by atoms with Crippen LogP contribution in [-0.2, 0) is 5.41 Å². The van der Waals surface area contributed by atoms with Crippen LogP contribution in [0.2, 0.25) is 0 Å². The van der Waals surface area contributed by atoms with E-state index in [0.29, 0.717) is 17.5 Å². The first kappa shape index (κ1) is 30.6. The molecule has 0 bridgehead atoms. The first-order chi connectivity index (χ1) is 26.5. The number of benzene rings is 7. The summed E-state index contributed by atoms with van der Waals surface area (Å²) in [4.78, 5) is 20.7. The van der Waals surface area contributed by atoms with E-state index in [4.69, 9.17) is 24.4 Å². The summed E-state index contributed by atoms with van der Waals surface area (Å²) >= 11 is 0. The summed E-state index contributed by atoms with van der Waals surface area (Å²) in [5.41, 5.74) is 12.4. The Kier molecular flexibility index (Phi) is 6.53.